The fourth-order valence-electron chi connectivity index (χ4n) is 2.14. The monoisotopic (exact) mass is 388 g/mol. The molecule has 1 rings (SSSR count). The zero-order valence-corrected chi connectivity index (χ0v) is 17.0. The molecule has 1 aromatic carbocycles. The Labute approximate surface area is 159 Å². The number of ether oxygens (including phenoxy) is 1. The summed E-state index contributed by atoms with van der Waals surface area (Å²) in [5.41, 5.74) is 0.242. The molecule has 0 aliphatic carbocycles. The average Bonchev–Trinajstić information content (AvgIpc) is 2.45. The van der Waals surface area contributed by atoms with E-state index in [4.69, 9.17) is 27.9 Å². The van der Waals surface area contributed by atoms with Crippen molar-refractivity contribution in [2.45, 2.75) is 65.8 Å². The molecule has 0 aromatic heterocycles. The van der Waals surface area contributed by atoms with Gasteiger partial charge in [-0.1, -0.05) is 29.3 Å². The van der Waals surface area contributed by atoms with Crippen molar-refractivity contribution in [3.05, 3.63) is 33.8 Å². The SMILES string of the molecule is CC(C)N(Cc1ccc(Cl)c(Cl)c1)C(=O)[C@@H](C)NC(=O)OC(C)(C)C. The maximum Gasteiger partial charge on any atom is 0.408 e. The van der Waals surface area contributed by atoms with Crippen LogP contribution in [0.15, 0.2) is 18.2 Å². The summed E-state index contributed by atoms with van der Waals surface area (Å²) in [6.45, 7) is 11.1. The van der Waals surface area contributed by atoms with Crippen molar-refractivity contribution in [2.24, 2.45) is 0 Å². The van der Waals surface area contributed by atoms with Gasteiger partial charge in [-0.2, -0.15) is 0 Å². The molecule has 0 spiro atoms. The third kappa shape index (κ3) is 7.12. The number of amides is 2. The molecule has 0 saturated heterocycles. The number of carbonyl (C=O) groups is 2. The van der Waals surface area contributed by atoms with Crippen LogP contribution in [-0.2, 0) is 16.1 Å². The fourth-order valence-corrected chi connectivity index (χ4v) is 2.47. The summed E-state index contributed by atoms with van der Waals surface area (Å²) < 4.78 is 5.19. The summed E-state index contributed by atoms with van der Waals surface area (Å²) in [5.74, 6) is -0.202. The number of nitrogens with one attached hydrogen (secondary N) is 1. The van der Waals surface area contributed by atoms with Gasteiger partial charge >= 0.3 is 6.09 Å². The van der Waals surface area contributed by atoms with E-state index in [0.717, 1.165) is 5.56 Å². The molecular weight excluding hydrogens is 363 g/mol. The quantitative estimate of drug-likeness (QED) is 0.798. The Morgan fingerprint density at radius 3 is 2.24 bits per heavy atom. The van der Waals surface area contributed by atoms with Gasteiger partial charge < -0.3 is 15.0 Å². The number of hydrogen-bond donors (Lipinski definition) is 1. The lowest BCUT2D eigenvalue weighted by atomic mass is 10.1. The number of hydrogen-bond acceptors (Lipinski definition) is 3. The minimum absolute atomic E-state index is 0.0511. The van der Waals surface area contributed by atoms with Gasteiger partial charge in [-0.05, 0) is 59.2 Å². The predicted molar refractivity (Wildman–Crippen MR) is 101 cm³/mol. The molecule has 1 N–H and O–H groups in total. The van der Waals surface area contributed by atoms with Crippen LogP contribution in [0.2, 0.25) is 10.0 Å². The summed E-state index contributed by atoms with van der Waals surface area (Å²) in [4.78, 5) is 26.3. The lowest BCUT2D eigenvalue weighted by Gasteiger charge is -2.30. The molecule has 0 heterocycles. The van der Waals surface area contributed by atoms with Gasteiger partial charge in [0.2, 0.25) is 5.91 Å². The Balaban J connectivity index is 2.81. The predicted octanol–water partition coefficient (Wildman–Crippen LogP) is 4.64. The first-order valence-corrected chi connectivity index (χ1v) is 8.90. The van der Waals surface area contributed by atoms with Crippen LogP contribution >= 0.6 is 23.2 Å². The zero-order chi connectivity index (χ0) is 19.4. The molecule has 0 unspecified atom stereocenters. The minimum atomic E-state index is -0.708. The van der Waals surface area contributed by atoms with E-state index >= 15 is 0 Å². The van der Waals surface area contributed by atoms with Crippen molar-refractivity contribution in [1.82, 2.24) is 10.2 Å². The van der Waals surface area contributed by atoms with E-state index < -0.39 is 17.7 Å². The highest BCUT2D eigenvalue weighted by Gasteiger charge is 2.26. The van der Waals surface area contributed by atoms with E-state index in [0.29, 0.717) is 16.6 Å². The maximum absolute atomic E-state index is 12.7. The smallest absolute Gasteiger partial charge is 0.408 e. The molecule has 5 nitrogen and oxygen atoms in total. The molecule has 7 heteroatoms. The van der Waals surface area contributed by atoms with Gasteiger partial charge in [0.1, 0.15) is 11.6 Å². The number of halogens is 2. The van der Waals surface area contributed by atoms with E-state index in [1.54, 1.807) is 44.7 Å². The number of carbonyl (C=O) groups excluding carboxylic acids is 2. The largest absolute Gasteiger partial charge is 0.444 e. The Bertz CT molecular complexity index is 627. The van der Waals surface area contributed by atoms with Crippen LogP contribution in [0.4, 0.5) is 4.79 Å². The van der Waals surface area contributed by atoms with Crippen molar-refractivity contribution >= 4 is 35.2 Å². The highest BCUT2D eigenvalue weighted by atomic mass is 35.5. The van der Waals surface area contributed by atoms with Crippen LogP contribution < -0.4 is 5.32 Å². The fraction of sp³-hybridized carbons (Fsp3) is 0.556. The van der Waals surface area contributed by atoms with Crippen molar-refractivity contribution < 1.29 is 14.3 Å². The maximum atomic E-state index is 12.7. The summed E-state index contributed by atoms with van der Waals surface area (Å²) >= 11 is 12.0. The zero-order valence-electron chi connectivity index (χ0n) is 15.5. The van der Waals surface area contributed by atoms with Crippen LogP contribution in [-0.4, -0.2) is 34.6 Å². The van der Waals surface area contributed by atoms with Gasteiger partial charge in [0.05, 0.1) is 10.0 Å². The Kier molecular flexibility index (Phi) is 7.57. The first-order valence-electron chi connectivity index (χ1n) is 8.14. The Morgan fingerprint density at radius 1 is 1.16 bits per heavy atom. The molecule has 0 aliphatic rings. The molecule has 140 valence electrons. The number of rotatable bonds is 5. The van der Waals surface area contributed by atoms with Crippen LogP contribution in [0.3, 0.4) is 0 Å². The first kappa shape index (κ1) is 21.6. The molecular formula is C18H26Cl2N2O3. The van der Waals surface area contributed by atoms with Crippen molar-refractivity contribution in [1.29, 1.82) is 0 Å². The lowest BCUT2D eigenvalue weighted by molar-refractivity contribution is -0.135. The number of alkyl carbamates (subject to hydrolysis) is 1. The van der Waals surface area contributed by atoms with Gasteiger partial charge in [0.25, 0.3) is 0 Å². The van der Waals surface area contributed by atoms with Gasteiger partial charge in [-0.25, -0.2) is 4.79 Å². The summed E-state index contributed by atoms with van der Waals surface area (Å²) in [5, 5.41) is 3.48. The van der Waals surface area contributed by atoms with E-state index in [-0.39, 0.29) is 11.9 Å². The summed E-state index contributed by atoms with van der Waals surface area (Å²) in [6, 6.07) is 4.50. The molecule has 1 atom stereocenters. The molecule has 2 amide bonds. The van der Waals surface area contributed by atoms with E-state index in [2.05, 4.69) is 5.32 Å². The highest BCUT2D eigenvalue weighted by molar-refractivity contribution is 6.42. The second kappa shape index (κ2) is 8.77. The van der Waals surface area contributed by atoms with E-state index in [1.165, 1.54) is 0 Å². The van der Waals surface area contributed by atoms with Crippen LogP contribution in [0.25, 0.3) is 0 Å². The molecule has 25 heavy (non-hydrogen) atoms. The minimum Gasteiger partial charge on any atom is -0.444 e. The highest BCUT2D eigenvalue weighted by Crippen LogP contribution is 2.23. The molecule has 0 aliphatic heterocycles. The van der Waals surface area contributed by atoms with Crippen LogP contribution in [0.5, 0.6) is 0 Å². The van der Waals surface area contributed by atoms with Gasteiger partial charge in [-0.15, -0.1) is 0 Å². The van der Waals surface area contributed by atoms with E-state index in [1.807, 2.05) is 19.9 Å². The summed E-state index contributed by atoms with van der Waals surface area (Å²) in [6.07, 6.45) is -0.619. The molecule has 0 saturated carbocycles. The van der Waals surface area contributed by atoms with E-state index in [9.17, 15) is 9.59 Å². The molecule has 0 bridgehead atoms. The second-order valence-corrected chi connectivity index (χ2v) is 7.99. The number of benzene rings is 1. The Hall–Kier alpha value is -1.46. The Morgan fingerprint density at radius 2 is 1.76 bits per heavy atom. The molecule has 0 fully saturated rings. The van der Waals surface area contributed by atoms with Crippen molar-refractivity contribution in [2.75, 3.05) is 0 Å². The van der Waals surface area contributed by atoms with Crippen LogP contribution in [0, 0.1) is 0 Å². The lowest BCUT2D eigenvalue weighted by Crippen LogP contribution is -2.49. The van der Waals surface area contributed by atoms with Gasteiger partial charge in [0.15, 0.2) is 0 Å². The third-order valence-electron chi connectivity index (χ3n) is 3.35. The van der Waals surface area contributed by atoms with Crippen molar-refractivity contribution in [3.8, 4) is 0 Å². The third-order valence-corrected chi connectivity index (χ3v) is 4.09. The normalized spacial score (nSPS) is 12.7. The second-order valence-electron chi connectivity index (χ2n) is 7.18. The average molecular weight is 389 g/mol. The number of nitrogens with zero attached hydrogens (tertiary/aromatic N) is 1. The molecule has 1 aromatic rings. The van der Waals surface area contributed by atoms with Crippen LogP contribution in [0.1, 0.15) is 47.1 Å². The topological polar surface area (TPSA) is 58.6 Å². The molecule has 0 radical (unpaired) electrons. The van der Waals surface area contributed by atoms with Crippen molar-refractivity contribution in [3.63, 3.8) is 0 Å². The standard InChI is InChI=1S/C18H26Cl2N2O3/c1-11(2)22(10-13-7-8-14(19)15(20)9-13)16(23)12(3)21-17(24)25-18(4,5)6/h7-9,11-12H,10H2,1-6H3,(H,21,24)/t12-/m1/s1. The summed E-state index contributed by atoms with van der Waals surface area (Å²) in [7, 11) is 0. The van der Waals surface area contributed by atoms with Gasteiger partial charge in [0, 0.05) is 12.6 Å². The van der Waals surface area contributed by atoms with Gasteiger partial charge in [-0.3, -0.25) is 4.79 Å². The first-order chi connectivity index (χ1) is 11.4.